The lowest BCUT2D eigenvalue weighted by Gasteiger charge is -2.31. The van der Waals surface area contributed by atoms with E-state index in [0.29, 0.717) is 23.7 Å². The number of nitrogens with one attached hydrogen (secondary N) is 2. The molecule has 1 heterocycles. The Labute approximate surface area is 99.2 Å². The average molecular weight is 236 g/mol. The molecule has 0 unspecified atom stereocenters. The van der Waals surface area contributed by atoms with E-state index in [1.807, 2.05) is 0 Å². The molecule has 0 radical (unpaired) electrons. The molecule has 2 rings (SSSR count). The van der Waals surface area contributed by atoms with Crippen molar-refractivity contribution in [3.8, 4) is 0 Å². The minimum absolute atomic E-state index is 0.0672. The summed E-state index contributed by atoms with van der Waals surface area (Å²) < 4.78 is 0. The summed E-state index contributed by atoms with van der Waals surface area (Å²) in [7, 11) is 0. The number of carbonyl (C=O) groups is 2. The van der Waals surface area contributed by atoms with Crippen molar-refractivity contribution in [1.29, 1.82) is 0 Å². The molecule has 1 amide bonds. The first-order valence-electron chi connectivity index (χ1n) is 5.72. The Morgan fingerprint density at radius 3 is 2.76 bits per heavy atom. The molecule has 0 bridgehead atoms. The summed E-state index contributed by atoms with van der Waals surface area (Å²) in [6.07, 6.45) is 2.84. The smallest absolute Gasteiger partial charge is 0.267 e. The first-order valence-corrected chi connectivity index (χ1v) is 5.72. The molecule has 3 N–H and O–H groups in total. The van der Waals surface area contributed by atoms with Gasteiger partial charge in [0.15, 0.2) is 5.78 Å². The Morgan fingerprint density at radius 2 is 2.24 bits per heavy atom. The number of aromatic nitrogens is 1. The van der Waals surface area contributed by atoms with E-state index in [2.05, 4.69) is 10.3 Å². The first kappa shape index (κ1) is 11.9. The van der Waals surface area contributed by atoms with Gasteiger partial charge < -0.3 is 15.4 Å². The SMILES string of the molecule is CC(=O)c1c[nH]c(C(=O)NCC2CC(O)C2)c1. The minimum Gasteiger partial charge on any atom is -0.393 e. The molecule has 0 aromatic carbocycles. The van der Waals surface area contributed by atoms with Gasteiger partial charge in [-0.25, -0.2) is 0 Å². The molecule has 1 aromatic heterocycles. The summed E-state index contributed by atoms with van der Waals surface area (Å²) in [5, 5.41) is 11.9. The highest BCUT2D eigenvalue weighted by Crippen LogP contribution is 2.26. The largest absolute Gasteiger partial charge is 0.393 e. The highest BCUT2D eigenvalue weighted by Gasteiger charge is 2.27. The van der Waals surface area contributed by atoms with Gasteiger partial charge in [0.25, 0.3) is 5.91 Å². The van der Waals surface area contributed by atoms with E-state index in [9.17, 15) is 9.59 Å². The molecule has 0 saturated heterocycles. The van der Waals surface area contributed by atoms with Crippen LogP contribution < -0.4 is 5.32 Å². The van der Waals surface area contributed by atoms with Crippen molar-refractivity contribution in [3.05, 3.63) is 23.5 Å². The van der Waals surface area contributed by atoms with Crippen molar-refractivity contribution in [1.82, 2.24) is 10.3 Å². The third-order valence-corrected chi connectivity index (χ3v) is 3.10. The summed E-state index contributed by atoms with van der Waals surface area (Å²) in [6.45, 7) is 2.03. The first-order chi connectivity index (χ1) is 8.06. The fraction of sp³-hybridized carbons (Fsp3) is 0.500. The molecule has 1 aromatic rings. The van der Waals surface area contributed by atoms with Crippen molar-refractivity contribution in [2.75, 3.05) is 6.54 Å². The average Bonchev–Trinajstić information content (AvgIpc) is 2.71. The summed E-state index contributed by atoms with van der Waals surface area (Å²) in [5.41, 5.74) is 0.907. The highest BCUT2D eigenvalue weighted by molar-refractivity contribution is 5.99. The zero-order valence-electron chi connectivity index (χ0n) is 9.69. The van der Waals surface area contributed by atoms with Gasteiger partial charge >= 0.3 is 0 Å². The van der Waals surface area contributed by atoms with Crippen LogP contribution in [0.25, 0.3) is 0 Å². The van der Waals surface area contributed by atoms with E-state index in [1.165, 1.54) is 13.1 Å². The van der Waals surface area contributed by atoms with E-state index in [0.717, 1.165) is 12.8 Å². The van der Waals surface area contributed by atoms with Crippen LogP contribution in [0.2, 0.25) is 0 Å². The lowest BCUT2D eigenvalue weighted by molar-refractivity contribution is 0.0420. The van der Waals surface area contributed by atoms with Crippen LogP contribution in [0.3, 0.4) is 0 Å². The molecule has 1 fully saturated rings. The zero-order chi connectivity index (χ0) is 12.4. The van der Waals surface area contributed by atoms with Crippen molar-refractivity contribution < 1.29 is 14.7 Å². The van der Waals surface area contributed by atoms with Gasteiger partial charge in [0.05, 0.1) is 6.10 Å². The van der Waals surface area contributed by atoms with Gasteiger partial charge in [-0.2, -0.15) is 0 Å². The van der Waals surface area contributed by atoms with Crippen LogP contribution in [-0.4, -0.2) is 34.4 Å². The number of H-pyrrole nitrogens is 1. The normalized spacial score (nSPS) is 22.9. The molecular weight excluding hydrogens is 220 g/mol. The van der Waals surface area contributed by atoms with Crippen molar-refractivity contribution >= 4 is 11.7 Å². The van der Waals surface area contributed by atoms with Crippen molar-refractivity contribution in [3.63, 3.8) is 0 Å². The predicted octanol–water partition coefficient (Wildman–Crippen LogP) is 0.718. The lowest BCUT2D eigenvalue weighted by atomic mass is 9.82. The Kier molecular flexibility index (Phi) is 3.28. The number of hydrogen-bond donors (Lipinski definition) is 3. The molecular formula is C12H16N2O3. The number of aromatic amines is 1. The van der Waals surface area contributed by atoms with Crippen molar-refractivity contribution in [2.45, 2.75) is 25.9 Å². The second kappa shape index (κ2) is 4.71. The van der Waals surface area contributed by atoms with Gasteiger partial charge in [0, 0.05) is 18.3 Å². The maximum absolute atomic E-state index is 11.7. The Morgan fingerprint density at radius 1 is 1.53 bits per heavy atom. The molecule has 17 heavy (non-hydrogen) atoms. The van der Waals surface area contributed by atoms with Gasteiger partial charge in [-0.15, -0.1) is 0 Å². The van der Waals surface area contributed by atoms with Crippen LogP contribution in [0.1, 0.15) is 40.6 Å². The summed E-state index contributed by atoms with van der Waals surface area (Å²) in [4.78, 5) is 25.5. The third-order valence-electron chi connectivity index (χ3n) is 3.10. The summed E-state index contributed by atoms with van der Waals surface area (Å²) in [6, 6.07) is 1.55. The van der Waals surface area contributed by atoms with E-state index in [1.54, 1.807) is 6.07 Å². The van der Waals surface area contributed by atoms with E-state index >= 15 is 0 Å². The summed E-state index contributed by atoms with van der Waals surface area (Å²) in [5.74, 6) is 0.0949. The number of Topliss-reactive ketones (excluding diaryl/α,β-unsaturated/α-hetero) is 1. The molecule has 1 aliphatic carbocycles. The summed E-state index contributed by atoms with van der Waals surface area (Å²) >= 11 is 0. The molecule has 1 aliphatic rings. The molecule has 92 valence electrons. The van der Waals surface area contributed by atoms with Crippen LogP contribution >= 0.6 is 0 Å². The van der Waals surface area contributed by atoms with E-state index < -0.39 is 0 Å². The zero-order valence-corrected chi connectivity index (χ0v) is 9.69. The Hall–Kier alpha value is -1.62. The maximum Gasteiger partial charge on any atom is 0.267 e. The van der Waals surface area contributed by atoms with Crippen LogP contribution in [0.5, 0.6) is 0 Å². The van der Waals surface area contributed by atoms with Crippen LogP contribution in [0.4, 0.5) is 0 Å². The van der Waals surface area contributed by atoms with Gasteiger partial charge in [0.2, 0.25) is 0 Å². The van der Waals surface area contributed by atoms with Gasteiger partial charge in [-0.3, -0.25) is 9.59 Å². The monoisotopic (exact) mass is 236 g/mol. The maximum atomic E-state index is 11.7. The molecule has 5 nitrogen and oxygen atoms in total. The minimum atomic E-state index is -0.209. The second-order valence-corrected chi connectivity index (χ2v) is 4.56. The molecule has 0 spiro atoms. The lowest BCUT2D eigenvalue weighted by Crippen LogP contribution is -2.38. The molecule has 0 aliphatic heterocycles. The standard InChI is InChI=1S/C12H16N2O3/c1-7(15)9-4-11(13-6-9)12(17)14-5-8-2-10(16)3-8/h4,6,8,10,13,16H,2-3,5H2,1H3,(H,14,17). The number of amides is 1. The number of aliphatic hydroxyl groups excluding tert-OH is 1. The van der Waals surface area contributed by atoms with E-state index in [4.69, 9.17) is 5.11 Å². The topological polar surface area (TPSA) is 82.2 Å². The fourth-order valence-corrected chi connectivity index (χ4v) is 1.93. The number of carbonyl (C=O) groups excluding carboxylic acids is 2. The van der Waals surface area contributed by atoms with Crippen LogP contribution in [0.15, 0.2) is 12.3 Å². The fourth-order valence-electron chi connectivity index (χ4n) is 1.93. The third kappa shape index (κ3) is 2.74. The molecule has 0 atom stereocenters. The van der Waals surface area contributed by atoms with Crippen molar-refractivity contribution in [2.24, 2.45) is 5.92 Å². The van der Waals surface area contributed by atoms with Crippen LogP contribution in [-0.2, 0) is 0 Å². The highest BCUT2D eigenvalue weighted by atomic mass is 16.3. The Balaban J connectivity index is 1.84. The quantitative estimate of drug-likeness (QED) is 0.674. The van der Waals surface area contributed by atoms with Gasteiger partial charge in [0.1, 0.15) is 5.69 Å². The predicted molar refractivity (Wildman–Crippen MR) is 61.9 cm³/mol. The van der Waals surface area contributed by atoms with Gasteiger partial charge in [-0.05, 0) is 31.7 Å². The Bertz CT molecular complexity index is 433. The van der Waals surface area contributed by atoms with E-state index in [-0.39, 0.29) is 17.8 Å². The van der Waals surface area contributed by atoms with Gasteiger partial charge in [-0.1, -0.05) is 0 Å². The van der Waals surface area contributed by atoms with Crippen LogP contribution in [0, 0.1) is 5.92 Å². The number of rotatable bonds is 4. The number of ketones is 1. The number of aliphatic hydroxyl groups is 1. The molecule has 5 heteroatoms. The molecule has 1 saturated carbocycles. The second-order valence-electron chi connectivity index (χ2n) is 4.56. The number of hydrogen-bond acceptors (Lipinski definition) is 3.